The van der Waals surface area contributed by atoms with Gasteiger partial charge in [0.05, 0.1) is 12.6 Å². The Kier molecular flexibility index (Phi) is 3.81. The van der Waals surface area contributed by atoms with Gasteiger partial charge in [0.2, 0.25) is 0 Å². The zero-order valence-electron chi connectivity index (χ0n) is 11.5. The number of rotatable bonds is 3. The van der Waals surface area contributed by atoms with E-state index in [0.717, 1.165) is 0 Å². The highest BCUT2D eigenvalue weighted by atomic mass is 79.9. The predicted octanol–water partition coefficient (Wildman–Crippen LogP) is 3.91. The molecule has 0 saturated heterocycles. The van der Waals surface area contributed by atoms with E-state index in [1.807, 2.05) is 0 Å². The molecule has 0 saturated carbocycles. The van der Waals surface area contributed by atoms with Crippen molar-refractivity contribution in [3.05, 3.63) is 46.9 Å². The van der Waals surface area contributed by atoms with Crippen LogP contribution in [0.4, 0.5) is 10.1 Å². The lowest BCUT2D eigenvalue weighted by Crippen LogP contribution is -1.95. The van der Waals surface area contributed by atoms with Crippen LogP contribution in [0.2, 0.25) is 0 Å². The van der Waals surface area contributed by atoms with Crippen molar-refractivity contribution in [1.82, 2.24) is 9.97 Å². The lowest BCUT2D eigenvalue weighted by molar-refractivity contribution is 0.410. The van der Waals surface area contributed by atoms with Gasteiger partial charge in [0.15, 0.2) is 23.1 Å². The van der Waals surface area contributed by atoms with Crippen molar-refractivity contribution < 1.29 is 13.9 Å². The van der Waals surface area contributed by atoms with Gasteiger partial charge in [-0.15, -0.1) is 0 Å². The molecule has 7 heteroatoms. The summed E-state index contributed by atoms with van der Waals surface area (Å²) in [5.41, 5.74) is 6.92. The Morgan fingerprint density at radius 3 is 2.68 bits per heavy atom. The molecular formula is C15H11BrFN3O2. The summed E-state index contributed by atoms with van der Waals surface area (Å²) in [5, 5.41) is 0. The molecule has 0 fully saturated rings. The smallest absolute Gasteiger partial charge is 0.167 e. The molecule has 2 heterocycles. The van der Waals surface area contributed by atoms with Crippen LogP contribution in [0.5, 0.6) is 17.2 Å². The summed E-state index contributed by atoms with van der Waals surface area (Å²) in [6.45, 7) is 0. The van der Waals surface area contributed by atoms with Crippen LogP contribution in [0.25, 0.3) is 11.0 Å². The lowest BCUT2D eigenvalue weighted by Gasteiger charge is -2.10. The second-order valence-corrected chi connectivity index (χ2v) is 5.20. The van der Waals surface area contributed by atoms with Crippen LogP contribution >= 0.6 is 15.9 Å². The van der Waals surface area contributed by atoms with Crippen molar-refractivity contribution in [1.29, 1.82) is 0 Å². The number of nitrogen functional groups attached to an aromatic ring is 1. The van der Waals surface area contributed by atoms with Gasteiger partial charge in [-0.1, -0.05) is 0 Å². The summed E-state index contributed by atoms with van der Waals surface area (Å²) >= 11 is 3.31. The lowest BCUT2D eigenvalue weighted by atomic mass is 10.2. The topological polar surface area (TPSA) is 70.3 Å². The Labute approximate surface area is 134 Å². The predicted molar refractivity (Wildman–Crippen MR) is 84.7 cm³/mol. The number of benzene rings is 1. The highest BCUT2D eigenvalue weighted by Crippen LogP contribution is 2.33. The van der Waals surface area contributed by atoms with E-state index in [1.165, 1.54) is 19.2 Å². The van der Waals surface area contributed by atoms with Gasteiger partial charge in [-0.05, 0) is 28.1 Å². The molecule has 3 rings (SSSR count). The molecule has 0 aliphatic carbocycles. The minimum atomic E-state index is -0.544. The fourth-order valence-electron chi connectivity index (χ4n) is 1.95. The molecule has 22 heavy (non-hydrogen) atoms. The second-order valence-electron chi connectivity index (χ2n) is 4.45. The first-order valence-electron chi connectivity index (χ1n) is 6.30. The molecule has 3 aromatic rings. The molecule has 112 valence electrons. The first-order chi connectivity index (χ1) is 10.6. The van der Waals surface area contributed by atoms with E-state index in [-0.39, 0.29) is 5.75 Å². The molecule has 0 radical (unpaired) electrons. The molecule has 0 unspecified atom stereocenters. The van der Waals surface area contributed by atoms with E-state index in [4.69, 9.17) is 15.2 Å². The molecule has 1 aromatic carbocycles. The summed E-state index contributed by atoms with van der Waals surface area (Å²) < 4.78 is 25.2. The van der Waals surface area contributed by atoms with Crippen molar-refractivity contribution in [2.45, 2.75) is 0 Å². The molecule has 0 bridgehead atoms. The Morgan fingerprint density at radius 1 is 1.14 bits per heavy atom. The number of methoxy groups -OCH3 is 1. The molecule has 0 atom stereocenters. The normalized spacial score (nSPS) is 10.7. The third-order valence-electron chi connectivity index (χ3n) is 2.99. The van der Waals surface area contributed by atoms with E-state index in [1.54, 1.807) is 24.4 Å². The monoisotopic (exact) mass is 363 g/mol. The van der Waals surface area contributed by atoms with Crippen LogP contribution in [-0.4, -0.2) is 17.1 Å². The first-order valence-corrected chi connectivity index (χ1v) is 7.10. The van der Waals surface area contributed by atoms with Crippen molar-refractivity contribution >= 4 is 32.7 Å². The van der Waals surface area contributed by atoms with E-state index in [2.05, 4.69) is 25.9 Å². The number of nitrogens with zero attached hydrogens (tertiary/aromatic N) is 2. The third-order valence-corrected chi connectivity index (χ3v) is 3.56. The number of nitrogens with two attached hydrogens (primary N) is 1. The molecule has 5 nitrogen and oxygen atoms in total. The highest BCUT2D eigenvalue weighted by Gasteiger charge is 2.12. The molecule has 0 aliphatic heterocycles. The maximum Gasteiger partial charge on any atom is 0.167 e. The van der Waals surface area contributed by atoms with Crippen LogP contribution in [0.1, 0.15) is 0 Å². The Hall–Kier alpha value is -2.41. The zero-order valence-corrected chi connectivity index (χ0v) is 13.1. The number of aromatic nitrogens is 2. The van der Waals surface area contributed by atoms with E-state index in [0.29, 0.717) is 32.8 Å². The van der Waals surface area contributed by atoms with Crippen molar-refractivity contribution in [2.75, 3.05) is 12.8 Å². The van der Waals surface area contributed by atoms with Crippen molar-refractivity contribution in [3.63, 3.8) is 0 Å². The average molecular weight is 364 g/mol. The minimum absolute atomic E-state index is 0.0652. The van der Waals surface area contributed by atoms with E-state index >= 15 is 0 Å². The van der Waals surface area contributed by atoms with Gasteiger partial charge in [-0.3, -0.25) is 4.98 Å². The third kappa shape index (κ3) is 2.67. The maximum absolute atomic E-state index is 13.9. The number of halogens is 2. The SMILES string of the molecule is COc1cc2nccc(Oc3ccc(N)cc3F)c2nc1Br. The van der Waals surface area contributed by atoms with Gasteiger partial charge >= 0.3 is 0 Å². The van der Waals surface area contributed by atoms with Gasteiger partial charge < -0.3 is 15.2 Å². The fourth-order valence-corrected chi connectivity index (χ4v) is 2.40. The molecule has 0 spiro atoms. The number of hydrogen-bond acceptors (Lipinski definition) is 5. The number of hydrogen-bond donors (Lipinski definition) is 1. The van der Waals surface area contributed by atoms with E-state index < -0.39 is 5.82 Å². The summed E-state index contributed by atoms with van der Waals surface area (Å²) in [7, 11) is 1.54. The highest BCUT2D eigenvalue weighted by molar-refractivity contribution is 9.10. The Balaban J connectivity index is 2.09. The van der Waals surface area contributed by atoms with Crippen molar-refractivity contribution in [2.24, 2.45) is 0 Å². The van der Waals surface area contributed by atoms with Crippen LogP contribution < -0.4 is 15.2 Å². The second kappa shape index (κ2) is 5.76. The standard InChI is InChI=1S/C15H11BrFN3O2/c1-21-13-7-10-14(20-15(13)16)12(4-5-19-10)22-11-3-2-8(18)6-9(11)17/h2-7H,18H2,1H3. The summed E-state index contributed by atoms with van der Waals surface area (Å²) in [4.78, 5) is 8.56. The number of anilines is 1. The van der Waals surface area contributed by atoms with E-state index in [9.17, 15) is 4.39 Å². The van der Waals surface area contributed by atoms with Crippen LogP contribution in [0.15, 0.2) is 41.1 Å². The van der Waals surface area contributed by atoms with Gasteiger partial charge in [0.25, 0.3) is 0 Å². The minimum Gasteiger partial charge on any atom is -0.494 e. The largest absolute Gasteiger partial charge is 0.494 e. The van der Waals surface area contributed by atoms with Gasteiger partial charge in [0.1, 0.15) is 10.1 Å². The molecular weight excluding hydrogens is 353 g/mol. The maximum atomic E-state index is 13.9. The van der Waals surface area contributed by atoms with Crippen LogP contribution in [0.3, 0.4) is 0 Å². The summed E-state index contributed by atoms with van der Waals surface area (Å²) in [5.74, 6) is 0.459. The van der Waals surface area contributed by atoms with Gasteiger partial charge in [0, 0.05) is 30.1 Å². The zero-order chi connectivity index (χ0) is 15.7. The average Bonchev–Trinajstić information content (AvgIpc) is 2.50. The fraction of sp³-hybridized carbons (Fsp3) is 0.0667. The number of fused-ring (bicyclic) bond motifs is 1. The molecule has 0 aliphatic rings. The van der Waals surface area contributed by atoms with Crippen molar-refractivity contribution in [3.8, 4) is 17.2 Å². The summed E-state index contributed by atoms with van der Waals surface area (Å²) in [6, 6.07) is 7.57. The molecule has 0 amide bonds. The molecule has 2 aromatic heterocycles. The Bertz CT molecular complexity index is 858. The van der Waals surface area contributed by atoms with Gasteiger partial charge in [-0.25, -0.2) is 9.37 Å². The van der Waals surface area contributed by atoms with Crippen LogP contribution in [-0.2, 0) is 0 Å². The molecule has 2 N–H and O–H groups in total. The Morgan fingerprint density at radius 2 is 1.95 bits per heavy atom. The summed E-state index contributed by atoms with van der Waals surface area (Å²) in [6.07, 6.45) is 1.56. The van der Waals surface area contributed by atoms with Crippen LogP contribution in [0, 0.1) is 5.82 Å². The number of pyridine rings is 2. The number of ether oxygens (including phenoxy) is 2. The first kappa shape index (κ1) is 14.5. The quantitative estimate of drug-likeness (QED) is 0.564. The van der Waals surface area contributed by atoms with Gasteiger partial charge in [-0.2, -0.15) is 0 Å².